The van der Waals surface area contributed by atoms with Crippen molar-refractivity contribution in [3.63, 3.8) is 0 Å². The molecule has 1 saturated carbocycles. The highest BCUT2D eigenvalue weighted by atomic mass is 35.5. The molecular weight excluding hydrogens is 575 g/mol. The number of ether oxygens (including phenoxy) is 1. The van der Waals surface area contributed by atoms with Crippen molar-refractivity contribution < 1.29 is 19.1 Å². The third-order valence-electron chi connectivity index (χ3n) is 9.02. The third-order valence-corrected chi connectivity index (χ3v) is 9.46. The van der Waals surface area contributed by atoms with Gasteiger partial charge in [0.2, 0.25) is 17.7 Å². The van der Waals surface area contributed by atoms with Gasteiger partial charge in [-0.05, 0) is 43.7 Å². The van der Waals surface area contributed by atoms with Gasteiger partial charge in [-0.15, -0.1) is 0 Å². The summed E-state index contributed by atoms with van der Waals surface area (Å²) in [4.78, 5) is 45.7. The van der Waals surface area contributed by atoms with E-state index in [-0.39, 0.29) is 23.8 Å². The Morgan fingerprint density at radius 2 is 1.76 bits per heavy atom. The minimum Gasteiger partial charge on any atom is -0.359 e. The molecule has 3 aliphatic heterocycles. The van der Waals surface area contributed by atoms with Crippen LogP contribution in [0.15, 0.2) is 60.7 Å². The number of nitrogens with zero attached hydrogens (tertiary/aromatic N) is 2. The summed E-state index contributed by atoms with van der Waals surface area (Å²) in [5, 5.41) is 6.90. The summed E-state index contributed by atoms with van der Waals surface area (Å²) in [5.74, 6) is -2.42. The average molecular weight is 612 g/mol. The van der Waals surface area contributed by atoms with Gasteiger partial charge in [-0.2, -0.15) is 0 Å². The van der Waals surface area contributed by atoms with Crippen molar-refractivity contribution in [2.45, 2.75) is 62.4 Å². The Labute approximate surface area is 256 Å². The van der Waals surface area contributed by atoms with E-state index in [0.29, 0.717) is 35.4 Å². The number of likely N-dealkylation sites (N-methyl/N-ethyl adjacent to an activating group) is 1. The molecule has 2 N–H and O–H groups in total. The van der Waals surface area contributed by atoms with Gasteiger partial charge in [-0.3, -0.25) is 14.4 Å². The number of anilines is 1. The van der Waals surface area contributed by atoms with Gasteiger partial charge in [-0.25, -0.2) is 0 Å². The maximum absolute atomic E-state index is 14.2. The molecule has 3 fully saturated rings. The van der Waals surface area contributed by atoms with Crippen molar-refractivity contribution in [1.29, 1.82) is 0 Å². The molecule has 42 heavy (non-hydrogen) atoms. The van der Waals surface area contributed by atoms with Crippen LogP contribution in [-0.2, 0) is 25.7 Å². The number of benzene rings is 2. The predicted octanol–water partition coefficient (Wildman–Crippen LogP) is 4.66. The van der Waals surface area contributed by atoms with E-state index in [1.807, 2.05) is 37.4 Å². The van der Waals surface area contributed by atoms with E-state index in [4.69, 9.17) is 27.9 Å². The molecule has 3 amide bonds. The minimum absolute atomic E-state index is 0.0775. The first-order valence-corrected chi connectivity index (χ1v) is 15.5. The first-order chi connectivity index (χ1) is 20.2. The van der Waals surface area contributed by atoms with Gasteiger partial charge in [0.1, 0.15) is 11.6 Å². The van der Waals surface area contributed by atoms with Crippen molar-refractivity contribution in [3.8, 4) is 0 Å². The lowest BCUT2D eigenvalue weighted by Gasteiger charge is -2.34. The summed E-state index contributed by atoms with van der Waals surface area (Å²) < 4.78 is 6.47. The van der Waals surface area contributed by atoms with Crippen molar-refractivity contribution in [2.24, 2.45) is 11.8 Å². The highest BCUT2D eigenvalue weighted by Gasteiger charge is 2.72. The van der Waals surface area contributed by atoms with Crippen LogP contribution < -0.4 is 10.6 Å². The van der Waals surface area contributed by atoms with E-state index in [1.54, 1.807) is 23.1 Å². The summed E-state index contributed by atoms with van der Waals surface area (Å²) in [5.41, 5.74) is 0.402. The van der Waals surface area contributed by atoms with E-state index < -0.39 is 29.6 Å². The Morgan fingerprint density at radius 1 is 1.05 bits per heavy atom. The number of likely N-dealkylation sites (tertiary alicyclic amines) is 1. The molecule has 1 aliphatic carbocycles. The Balaban J connectivity index is 1.25. The Morgan fingerprint density at radius 3 is 2.48 bits per heavy atom. The number of hydrogen-bond donors (Lipinski definition) is 2. The molecule has 6 rings (SSSR count). The maximum atomic E-state index is 14.2. The van der Waals surface area contributed by atoms with Crippen molar-refractivity contribution in [2.75, 3.05) is 25.5 Å². The topological polar surface area (TPSA) is 91.0 Å². The summed E-state index contributed by atoms with van der Waals surface area (Å²) in [6.07, 6.45) is 8.23. The molecule has 2 aromatic rings. The van der Waals surface area contributed by atoms with Gasteiger partial charge >= 0.3 is 0 Å². The molecule has 0 unspecified atom stereocenters. The number of halogens is 2. The Hall–Kier alpha value is -2.91. The van der Waals surface area contributed by atoms with Gasteiger partial charge in [0.15, 0.2) is 0 Å². The van der Waals surface area contributed by atoms with E-state index in [0.717, 1.165) is 31.2 Å². The zero-order valence-electron chi connectivity index (χ0n) is 23.6. The number of carbonyl (C=O) groups excluding carboxylic acids is 3. The second-order valence-electron chi connectivity index (χ2n) is 11.9. The SMILES string of the molecule is CN(CCN1C(=O)[C@@H]2[C@H](C(=O)Nc3cc(Cl)cc(Cl)c3)[C@@H]3C=C[C@@]2(O3)[C@@H]1C(=O)NC1CCCCC1)Cc1ccccc1. The smallest absolute Gasteiger partial charge is 0.246 e. The minimum atomic E-state index is -1.20. The fraction of sp³-hybridized carbons (Fsp3) is 0.469. The van der Waals surface area contributed by atoms with E-state index in [1.165, 1.54) is 6.42 Å². The van der Waals surface area contributed by atoms with Crippen LogP contribution in [-0.4, -0.2) is 71.4 Å². The van der Waals surface area contributed by atoms with Crippen LogP contribution in [0.5, 0.6) is 0 Å². The molecule has 5 atom stereocenters. The van der Waals surface area contributed by atoms with Gasteiger partial charge in [0, 0.05) is 41.4 Å². The molecule has 0 radical (unpaired) electrons. The number of rotatable bonds is 9. The second kappa shape index (κ2) is 12.0. The lowest BCUT2D eigenvalue weighted by Crippen LogP contribution is -2.57. The highest BCUT2D eigenvalue weighted by Crippen LogP contribution is 2.55. The summed E-state index contributed by atoms with van der Waals surface area (Å²) >= 11 is 12.3. The van der Waals surface area contributed by atoms with E-state index in [2.05, 4.69) is 27.7 Å². The molecule has 2 bridgehead atoms. The predicted molar refractivity (Wildman–Crippen MR) is 162 cm³/mol. The Bertz CT molecular complexity index is 1360. The normalized spacial score (nSPS) is 28.4. The number of fused-ring (bicyclic) bond motifs is 1. The van der Waals surface area contributed by atoms with Crippen molar-refractivity contribution in [1.82, 2.24) is 15.1 Å². The molecule has 10 heteroatoms. The fourth-order valence-corrected chi connectivity index (χ4v) is 7.67. The fourth-order valence-electron chi connectivity index (χ4n) is 7.14. The largest absolute Gasteiger partial charge is 0.359 e. The van der Waals surface area contributed by atoms with Crippen molar-refractivity contribution in [3.05, 3.63) is 76.3 Å². The molecule has 222 valence electrons. The zero-order chi connectivity index (χ0) is 29.4. The summed E-state index contributed by atoms with van der Waals surface area (Å²) in [6, 6.07) is 14.1. The van der Waals surface area contributed by atoms with E-state index >= 15 is 0 Å². The van der Waals surface area contributed by atoms with Gasteiger partial charge in [0.25, 0.3) is 0 Å². The van der Waals surface area contributed by atoms with Crippen LogP contribution >= 0.6 is 23.2 Å². The van der Waals surface area contributed by atoms with Crippen LogP contribution in [0.3, 0.4) is 0 Å². The Kier molecular flexibility index (Phi) is 8.33. The van der Waals surface area contributed by atoms with Gasteiger partial charge in [-0.1, -0.05) is 84.9 Å². The van der Waals surface area contributed by atoms with Crippen LogP contribution in [0, 0.1) is 11.8 Å². The maximum Gasteiger partial charge on any atom is 0.246 e. The molecule has 2 saturated heterocycles. The standard InChI is InChI=1S/C32H36Cl2N4O4/c1-37(19-20-8-4-2-5-9-20)14-15-38-28(30(40)35-23-10-6-3-7-11-23)32-13-12-25(42-32)26(27(32)31(38)41)29(39)36-24-17-21(33)16-22(34)18-24/h2,4-5,8-9,12-13,16-18,23,25-28H,3,6-7,10-11,14-15,19H2,1H3,(H,35,40)(H,36,39)/t25-,26+,27-,28-,32-/m0/s1. The average Bonchev–Trinajstić information content (AvgIpc) is 3.59. The van der Waals surface area contributed by atoms with Crippen LogP contribution in [0.4, 0.5) is 5.69 Å². The van der Waals surface area contributed by atoms with Crippen LogP contribution in [0.1, 0.15) is 37.7 Å². The van der Waals surface area contributed by atoms with Crippen LogP contribution in [0.25, 0.3) is 0 Å². The molecule has 1 spiro atoms. The van der Waals surface area contributed by atoms with Crippen LogP contribution in [0.2, 0.25) is 10.0 Å². The molecule has 3 heterocycles. The quantitative estimate of drug-likeness (QED) is 0.403. The molecule has 2 aromatic carbocycles. The number of carbonyl (C=O) groups is 3. The van der Waals surface area contributed by atoms with E-state index in [9.17, 15) is 14.4 Å². The summed E-state index contributed by atoms with van der Waals surface area (Å²) in [6.45, 7) is 1.60. The van der Waals surface area contributed by atoms with Gasteiger partial charge in [0.05, 0.1) is 17.9 Å². The molecule has 4 aliphatic rings. The first-order valence-electron chi connectivity index (χ1n) is 14.7. The molecular formula is C32H36Cl2N4O4. The number of hydrogen-bond acceptors (Lipinski definition) is 5. The highest BCUT2D eigenvalue weighted by molar-refractivity contribution is 6.35. The number of amides is 3. The summed E-state index contributed by atoms with van der Waals surface area (Å²) in [7, 11) is 2.00. The second-order valence-corrected chi connectivity index (χ2v) is 12.8. The monoisotopic (exact) mass is 610 g/mol. The number of nitrogens with one attached hydrogen (secondary N) is 2. The molecule has 0 aromatic heterocycles. The first kappa shape index (κ1) is 29.2. The lowest BCUT2D eigenvalue weighted by molar-refractivity contribution is -0.141. The zero-order valence-corrected chi connectivity index (χ0v) is 25.1. The lowest BCUT2D eigenvalue weighted by atomic mass is 9.74. The van der Waals surface area contributed by atoms with Crippen molar-refractivity contribution >= 4 is 46.6 Å². The molecule has 8 nitrogen and oxygen atoms in total. The van der Waals surface area contributed by atoms with Gasteiger partial charge < -0.3 is 25.2 Å². The third kappa shape index (κ3) is 5.57.